The van der Waals surface area contributed by atoms with E-state index in [1.807, 2.05) is 0 Å². The summed E-state index contributed by atoms with van der Waals surface area (Å²) in [5.41, 5.74) is 5.73. The van der Waals surface area contributed by atoms with Crippen LogP contribution < -0.4 is 5.73 Å². The predicted molar refractivity (Wildman–Crippen MR) is 49.9 cm³/mol. The van der Waals surface area contributed by atoms with E-state index in [9.17, 15) is 0 Å². The first-order chi connectivity index (χ1) is 5.36. The maximum absolute atomic E-state index is 5.73. The number of nitrogens with two attached hydrogens (primary N) is 1. The molecule has 1 atom stereocenters. The number of thioether (sulfide) groups is 1. The van der Waals surface area contributed by atoms with Crippen molar-refractivity contribution in [2.45, 2.75) is 24.9 Å². The van der Waals surface area contributed by atoms with E-state index >= 15 is 0 Å². The van der Waals surface area contributed by atoms with Gasteiger partial charge in [-0.1, -0.05) is 0 Å². The lowest BCUT2D eigenvalue weighted by Crippen LogP contribution is -2.60. The second-order valence-corrected chi connectivity index (χ2v) is 4.73. The summed E-state index contributed by atoms with van der Waals surface area (Å²) in [5.74, 6) is 2.71. The molecule has 2 fully saturated rings. The predicted octanol–water partition coefficient (Wildman–Crippen LogP) is 0.525. The molecule has 2 aliphatic heterocycles. The fraction of sp³-hybridized carbons (Fsp3) is 1.00. The van der Waals surface area contributed by atoms with Gasteiger partial charge in [-0.2, -0.15) is 11.8 Å². The lowest BCUT2D eigenvalue weighted by Gasteiger charge is -2.43. The zero-order chi connectivity index (χ0) is 7.68. The maximum Gasteiger partial charge on any atom is 0.0297 e. The fourth-order valence-electron chi connectivity index (χ4n) is 1.86. The molecule has 64 valence electrons. The van der Waals surface area contributed by atoms with Gasteiger partial charge in [0.15, 0.2) is 0 Å². The van der Waals surface area contributed by atoms with Crippen molar-refractivity contribution in [2.75, 3.05) is 24.6 Å². The average molecular weight is 172 g/mol. The standard InChI is InChI=1S/C8H16N2S/c9-7-4-10(5-7)8-2-1-3-11-6-8/h7-8H,1-6,9H2. The van der Waals surface area contributed by atoms with Crippen LogP contribution in [0.1, 0.15) is 12.8 Å². The first-order valence-corrected chi connectivity index (χ1v) is 5.59. The van der Waals surface area contributed by atoms with Crippen molar-refractivity contribution in [3.8, 4) is 0 Å². The third kappa shape index (κ3) is 1.71. The zero-order valence-electron chi connectivity index (χ0n) is 6.83. The summed E-state index contributed by atoms with van der Waals surface area (Å²) in [4.78, 5) is 2.54. The highest BCUT2D eigenvalue weighted by Crippen LogP contribution is 2.24. The molecule has 0 spiro atoms. The van der Waals surface area contributed by atoms with Gasteiger partial charge in [-0.05, 0) is 18.6 Å². The summed E-state index contributed by atoms with van der Waals surface area (Å²) in [6.45, 7) is 2.29. The van der Waals surface area contributed by atoms with Crippen molar-refractivity contribution in [3.05, 3.63) is 0 Å². The van der Waals surface area contributed by atoms with Crippen LogP contribution in [0.15, 0.2) is 0 Å². The highest BCUT2D eigenvalue weighted by molar-refractivity contribution is 7.99. The molecule has 2 aliphatic rings. The van der Waals surface area contributed by atoms with Gasteiger partial charge in [0.1, 0.15) is 0 Å². The molecule has 0 aromatic heterocycles. The van der Waals surface area contributed by atoms with Gasteiger partial charge < -0.3 is 5.73 Å². The molecule has 2 rings (SSSR count). The highest BCUT2D eigenvalue weighted by atomic mass is 32.2. The average Bonchev–Trinajstić information content (AvgIpc) is 2.01. The number of likely N-dealkylation sites (tertiary alicyclic amines) is 1. The van der Waals surface area contributed by atoms with E-state index in [1.165, 1.54) is 24.3 Å². The van der Waals surface area contributed by atoms with Crippen molar-refractivity contribution in [3.63, 3.8) is 0 Å². The topological polar surface area (TPSA) is 29.3 Å². The van der Waals surface area contributed by atoms with Gasteiger partial charge in [0.05, 0.1) is 0 Å². The van der Waals surface area contributed by atoms with Gasteiger partial charge in [-0.15, -0.1) is 0 Å². The van der Waals surface area contributed by atoms with Gasteiger partial charge in [0.25, 0.3) is 0 Å². The Bertz CT molecular complexity index is 128. The van der Waals surface area contributed by atoms with Crippen LogP contribution in [0.4, 0.5) is 0 Å². The van der Waals surface area contributed by atoms with Crippen LogP contribution in [0.3, 0.4) is 0 Å². The van der Waals surface area contributed by atoms with Crippen molar-refractivity contribution in [1.29, 1.82) is 0 Å². The van der Waals surface area contributed by atoms with E-state index in [4.69, 9.17) is 5.73 Å². The second kappa shape index (κ2) is 3.33. The molecule has 2 heterocycles. The number of nitrogens with zero attached hydrogens (tertiary/aromatic N) is 1. The van der Waals surface area contributed by atoms with E-state index in [2.05, 4.69) is 16.7 Å². The second-order valence-electron chi connectivity index (χ2n) is 3.58. The van der Waals surface area contributed by atoms with Crippen LogP contribution >= 0.6 is 11.8 Å². The van der Waals surface area contributed by atoms with E-state index in [0.717, 1.165) is 19.1 Å². The summed E-state index contributed by atoms with van der Waals surface area (Å²) >= 11 is 2.10. The lowest BCUT2D eigenvalue weighted by atomic mass is 10.0. The Kier molecular flexibility index (Phi) is 2.39. The Morgan fingerprint density at radius 2 is 2.18 bits per heavy atom. The van der Waals surface area contributed by atoms with Crippen molar-refractivity contribution >= 4 is 11.8 Å². The van der Waals surface area contributed by atoms with Crippen LogP contribution in [0, 0.1) is 0 Å². The Morgan fingerprint density at radius 1 is 1.36 bits per heavy atom. The summed E-state index contributed by atoms with van der Waals surface area (Å²) < 4.78 is 0. The van der Waals surface area contributed by atoms with Crippen LogP contribution in [0.5, 0.6) is 0 Å². The van der Waals surface area contributed by atoms with Crippen LogP contribution in [-0.4, -0.2) is 41.6 Å². The van der Waals surface area contributed by atoms with E-state index < -0.39 is 0 Å². The van der Waals surface area contributed by atoms with Gasteiger partial charge in [-0.3, -0.25) is 4.90 Å². The minimum absolute atomic E-state index is 0.474. The molecule has 0 aromatic carbocycles. The quantitative estimate of drug-likeness (QED) is 0.625. The number of rotatable bonds is 1. The van der Waals surface area contributed by atoms with Gasteiger partial charge in [0.2, 0.25) is 0 Å². The molecular formula is C8H16N2S. The molecule has 0 aromatic rings. The number of hydrogen-bond acceptors (Lipinski definition) is 3. The Balaban J connectivity index is 1.76. The molecule has 0 bridgehead atoms. The molecule has 0 amide bonds. The van der Waals surface area contributed by atoms with Gasteiger partial charge in [0, 0.05) is 30.9 Å². The molecular weight excluding hydrogens is 156 g/mol. The Morgan fingerprint density at radius 3 is 2.73 bits per heavy atom. The molecule has 0 aliphatic carbocycles. The normalized spacial score (nSPS) is 35.2. The smallest absolute Gasteiger partial charge is 0.0297 e. The molecule has 1 unspecified atom stereocenters. The molecule has 0 radical (unpaired) electrons. The third-order valence-corrected chi connectivity index (χ3v) is 3.79. The summed E-state index contributed by atoms with van der Waals surface area (Å²) in [6, 6.07) is 1.33. The lowest BCUT2D eigenvalue weighted by molar-refractivity contribution is 0.0989. The molecule has 3 heteroatoms. The molecule has 11 heavy (non-hydrogen) atoms. The van der Waals surface area contributed by atoms with Gasteiger partial charge in [-0.25, -0.2) is 0 Å². The monoisotopic (exact) mass is 172 g/mol. The Labute approximate surface area is 72.5 Å². The third-order valence-electron chi connectivity index (χ3n) is 2.59. The Hall–Kier alpha value is 0.270. The van der Waals surface area contributed by atoms with Crippen molar-refractivity contribution in [1.82, 2.24) is 4.90 Å². The van der Waals surface area contributed by atoms with E-state index in [-0.39, 0.29) is 0 Å². The van der Waals surface area contributed by atoms with Crippen LogP contribution in [-0.2, 0) is 0 Å². The molecule has 0 saturated carbocycles. The highest BCUT2D eigenvalue weighted by Gasteiger charge is 2.30. The SMILES string of the molecule is NC1CN(C2CCCSC2)C1. The largest absolute Gasteiger partial charge is 0.325 e. The maximum atomic E-state index is 5.73. The van der Waals surface area contributed by atoms with Crippen LogP contribution in [0.25, 0.3) is 0 Å². The van der Waals surface area contributed by atoms with Crippen molar-refractivity contribution < 1.29 is 0 Å². The summed E-state index contributed by atoms with van der Waals surface area (Å²) in [5, 5.41) is 0. The van der Waals surface area contributed by atoms with Crippen molar-refractivity contribution in [2.24, 2.45) is 5.73 Å². The molecule has 2 saturated heterocycles. The molecule has 2 nitrogen and oxygen atoms in total. The summed E-state index contributed by atoms with van der Waals surface area (Å²) in [7, 11) is 0. The number of hydrogen-bond donors (Lipinski definition) is 1. The van der Waals surface area contributed by atoms with E-state index in [0.29, 0.717) is 6.04 Å². The first kappa shape index (κ1) is 7.90. The van der Waals surface area contributed by atoms with E-state index in [1.54, 1.807) is 0 Å². The molecule has 2 N–H and O–H groups in total. The minimum atomic E-state index is 0.474. The van der Waals surface area contributed by atoms with Crippen LogP contribution in [0.2, 0.25) is 0 Å². The first-order valence-electron chi connectivity index (χ1n) is 4.43. The van der Waals surface area contributed by atoms with Gasteiger partial charge >= 0.3 is 0 Å². The fourth-order valence-corrected chi connectivity index (χ4v) is 3.05. The minimum Gasteiger partial charge on any atom is -0.325 e. The summed E-state index contributed by atoms with van der Waals surface area (Å²) in [6.07, 6.45) is 2.81. The zero-order valence-corrected chi connectivity index (χ0v) is 7.65.